The molecule has 1 saturated heterocycles. The first kappa shape index (κ1) is 15.8. The Bertz CT molecular complexity index is 618. The first-order valence-electron chi connectivity index (χ1n) is 8.26. The van der Waals surface area contributed by atoms with E-state index in [0.29, 0.717) is 25.9 Å². The molecule has 1 atom stereocenters. The predicted molar refractivity (Wildman–Crippen MR) is 87.3 cm³/mol. The first-order chi connectivity index (χ1) is 10.9. The largest absolute Gasteiger partial charge is 0.481 e. The molecule has 1 aliphatic carbocycles. The Labute approximate surface area is 136 Å². The predicted octanol–water partition coefficient (Wildman–Crippen LogP) is 2.92. The number of fused-ring (bicyclic) bond motifs is 1. The van der Waals surface area contributed by atoms with Crippen molar-refractivity contribution in [3.05, 3.63) is 35.4 Å². The Kier molecular flexibility index (Phi) is 4.04. The summed E-state index contributed by atoms with van der Waals surface area (Å²) in [6.07, 6.45) is 1.97. The van der Waals surface area contributed by atoms with Gasteiger partial charge in [-0.1, -0.05) is 38.1 Å². The van der Waals surface area contributed by atoms with Gasteiger partial charge in [0.25, 0.3) is 0 Å². The molecular formula is C18H24N2O3. The molecule has 1 aromatic carbocycles. The molecule has 1 fully saturated rings. The fraction of sp³-hybridized carbons (Fsp3) is 0.556. The molecule has 1 aliphatic heterocycles. The summed E-state index contributed by atoms with van der Waals surface area (Å²) in [6, 6.07) is 8.24. The van der Waals surface area contributed by atoms with E-state index in [1.165, 1.54) is 11.1 Å². The van der Waals surface area contributed by atoms with Crippen molar-refractivity contribution in [1.29, 1.82) is 0 Å². The van der Waals surface area contributed by atoms with E-state index in [0.717, 1.165) is 6.42 Å². The van der Waals surface area contributed by atoms with Crippen LogP contribution in [0.1, 0.15) is 50.3 Å². The van der Waals surface area contributed by atoms with Gasteiger partial charge in [-0.15, -0.1) is 0 Å². The number of hydrogen-bond acceptors (Lipinski definition) is 2. The van der Waals surface area contributed by atoms with Gasteiger partial charge < -0.3 is 15.3 Å². The lowest BCUT2D eigenvalue weighted by Crippen LogP contribution is -2.46. The van der Waals surface area contributed by atoms with Crippen LogP contribution in [0, 0.1) is 5.92 Å². The summed E-state index contributed by atoms with van der Waals surface area (Å²) in [5.41, 5.74) is 2.56. The van der Waals surface area contributed by atoms with Crippen LogP contribution >= 0.6 is 0 Å². The van der Waals surface area contributed by atoms with Gasteiger partial charge >= 0.3 is 12.0 Å². The third-order valence-corrected chi connectivity index (χ3v) is 5.21. The summed E-state index contributed by atoms with van der Waals surface area (Å²) in [5.74, 6) is -1.07. The summed E-state index contributed by atoms with van der Waals surface area (Å²) >= 11 is 0. The smallest absolute Gasteiger partial charge is 0.317 e. The number of amides is 2. The Hall–Kier alpha value is -2.04. The van der Waals surface area contributed by atoms with Crippen molar-refractivity contribution in [2.45, 2.75) is 44.6 Å². The standard InChI is InChI=1S/C18H24N2O3/c1-18(2)11-15(13-5-3-4-6-14(13)18)19-17(23)20-9-7-12(8-10-20)16(21)22/h3-6,12,15H,7-11H2,1-2H3,(H,19,23)(H,21,22). The lowest BCUT2D eigenvalue weighted by molar-refractivity contribution is -0.143. The fourth-order valence-electron chi connectivity index (χ4n) is 3.85. The van der Waals surface area contributed by atoms with Gasteiger partial charge in [-0.3, -0.25) is 4.79 Å². The molecule has 0 bridgehead atoms. The van der Waals surface area contributed by atoms with Gasteiger partial charge in [-0.2, -0.15) is 0 Å². The molecule has 5 nitrogen and oxygen atoms in total. The molecule has 5 heteroatoms. The molecule has 2 amide bonds. The van der Waals surface area contributed by atoms with Crippen LogP contribution in [-0.2, 0) is 10.2 Å². The normalized spacial score (nSPS) is 23.4. The zero-order chi connectivity index (χ0) is 16.6. The highest BCUT2D eigenvalue weighted by Crippen LogP contribution is 2.44. The number of carboxylic acid groups (broad SMARTS) is 1. The highest BCUT2D eigenvalue weighted by Gasteiger charge is 2.38. The Balaban J connectivity index is 1.65. The molecule has 3 rings (SSSR count). The number of urea groups is 1. The zero-order valence-electron chi connectivity index (χ0n) is 13.7. The molecule has 1 unspecified atom stereocenters. The number of nitrogens with zero attached hydrogens (tertiary/aromatic N) is 1. The number of carboxylic acids is 1. The van der Waals surface area contributed by atoms with Gasteiger partial charge in [0.15, 0.2) is 0 Å². The fourth-order valence-corrected chi connectivity index (χ4v) is 3.85. The molecule has 2 N–H and O–H groups in total. The number of carbonyl (C=O) groups excluding carboxylic acids is 1. The highest BCUT2D eigenvalue weighted by molar-refractivity contribution is 5.76. The third-order valence-electron chi connectivity index (χ3n) is 5.21. The monoisotopic (exact) mass is 316 g/mol. The van der Waals surface area contributed by atoms with Crippen molar-refractivity contribution < 1.29 is 14.7 Å². The van der Waals surface area contributed by atoms with Crippen LogP contribution in [0.4, 0.5) is 4.79 Å². The van der Waals surface area contributed by atoms with E-state index in [-0.39, 0.29) is 23.4 Å². The van der Waals surface area contributed by atoms with E-state index in [9.17, 15) is 9.59 Å². The van der Waals surface area contributed by atoms with E-state index >= 15 is 0 Å². The molecular weight excluding hydrogens is 292 g/mol. The van der Waals surface area contributed by atoms with Gasteiger partial charge in [0, 0.05) is 13.1 Å². The zero-order valence-corrected chi connectivity index (χ0v) is 13.7. The highest BCUT2D eigenvalue weighted by atomic mass is 16.4. The molecule has 0 spiro atoms. The Morgan fingerprint density at radius 2 is 1.87 bits per heavy atom. The van der Waals surface area contributed by atoms with E-state index < -0.39 is 5.97 Å². The number of hydrogen-bond donors (Lipinski definition) is 2. The maximum Gasteiger partial charge on any atom is 0.317 e. The van der Waals surface area contributed by atoms with Gasteiger partial charge in [0.2, 0.25) is 0 Å². The molecule has 124 valence electrons. The number of rotatable bonds is 2. The van der Waals surface area contributed by atoms with Crippen LogP contribution < -0.4 is 5.32 Å². The molecule has 1 heterocycles. The second-order valence-corrected chi connectivity index (χ2v) is 7.28. The van der Waals surface area contributed by atoms with Crippen LogP contribution in [0.2, 0.25) is 0 Å². The van der Waals surface area contributed by atoms with Gasteiger partial charge in [-0.05, 0) is 35.8 Å². The minimum Gasteiger partial charge on any atom is -0.481 e. The van der Waals surface area contributed by atoms with Crippen LogP contribution in [0.3, 0.4) is 0 Å². The SMILES string of the molecule is CC1(C)CC(NC(=O)N2CCC(C(=O)O)CC2)c2ccccc21. The van der Waals surface area contributed by atoms with Crippen molar-refractivity contribution in [3.8, 4) is 0 Å². The van der Waals surface area contributed by atoms with Crippen LogP contribution in [0.25, 0.3) is 0 Å². The molecule has 2 aliphatic rings. The second-order valence-electron chi connectivity index (χ2n) is 7.28. The lowest BCUT2D eigenvalue weighted by Gasteiger charge is -2.31. The molecule has 0 saturated carbocycles. The molecule has 0 radical (unpaired) electrons. The van der Waals surface area contributed by atoms with Gasteiger partial charge in [-0.25, -0.2) is 4.79 Å². The number of carbonyl (C=O) groups is 2. The maximum atomic E-state index is 12.5. The summed E-state index contributed by atoms with van der Waals surface area (Å²) < 4.78 is 0. The van der Waals surface area contributed by atoms with Crippen molar-refractivity contribution >= 4 is 12.0 Å². The first-order valence-corrected chi connectivity index (χ1v) is 8.26. The van der Waals surface area contributed by atoms with Crippen LogP contribution in [0.15, 0.2) is 24.3 Å². The topological polar surface area (TPSA) is 69.6 Å². The summed E-state index contributed by atoms with van der Waals surface area (Å²) in [7, 11) is 0. The van der Waals surface area contributed by atoms with E-state index in [1.807, 2.05) is 12.1 Å². The van der Waals surface area contributed by atoms with E-state index in [2.05, 4.69) is 31.3 Å². The maximum absolute atomic E-state index is 12.5. The number of likely N-dealkylation sites (tertiary alicyclic amines) is 1. The van der Waals surface area contributed by atoms with E-state index in [1.54, 1.807) is 4.90 Å². The molecule has 1 aromatic rings. The number of aliphatic carboxylic acids is 1. The minimum atomic E-state index is -0.753. The van der Waals surface area contributed by atoms with Crippen molar-refractivity contribution in [2.24, 2.45) is 5.92 Å². The summed E-state index contributed by atoms with van der Waals surface area (Å²) in [6.45, 7) is 5.44. The number of piperidine rings is 1. The minimum absolute atomic E-state index is 0.0332. The molecule has 23 heavy (non-hydrogen) atoms. The third kappa shape index (κ3) is 3.05. The number of nitrogens with one attached hydrogen (secondary N) is 1. The van der Waals surface area contributed by atoms with Crippen molar-refractivity contribution in [3.63, 3.8) is 0 Å². The van der Waals surface area contributed by atoms with Crippen LogP contribution in [-0.4, -0.2) is 35.1 Å². The van der Waals surface area contributed by atoms with Gasteiger partial charge in [0.05, 0.1) is 12.0 Å². The van der Waals surface area contributed by atoms with E-state index in [4.69, 9.17) is 5.11 Å². The Morgan fingerprint density at radius 3 is 2.52 bits per heavy atom. The summed E-state index contributed by atoms with van der Waals surface area (Å²) in [4.78, 5) is 25.3. The van der Waals surface area contributed by atoms with Crippen LogP contribution in [0.5, 0.6) is 0 Å². The second kappa shape index (κ2) is 5.87. The average molecular weight is 316 g/mol. The average Bonchev–Trinajstić information content (AvgIpc) is 2.79. The Morgan fingerprint density at radius 1 is 1.22 bits per heavy atom. The molecule has 0 aromatic heterocycles. The van der Waals surface area contributed by atoms with Gasteiger partial charge in [0.1, 0.15) is 0 Å². The summed E-state index contributed by atoms with van der Waals surface area (Å²) in [5, 5.41) is 12.2. The lowest BCUT2D eigenvalue weighted by atomic mass is 9.86. The quantitative estimate of drug-likeness (QED) is 0.881. The number of benzene rings is 1. The van der Waals surface area contributed by atoms with Crippen molar-refractivity contribution in [2.75, 3.05) is 13.1 Å². The van der Waals surface area contributed by atoms with Crippen molar-refractivity contribution in [1.82, 2.24) is 10.2 Å².